The van der Waals surface area contributed by atoms with Gasteiger partial charge in [-0.25, -0.2) is 14.6 Å². The fraction of sp³-hybridized carbons (Fsp3) is 0.188. The van der Waals surface area contributed by atoms with Crippen LogP contribution in [0.5, 0.6) is 0 Å². The van der Waals surface area contributed by atoms with Crippen LogP contribution >= 0.6 is 11.6 Å². The second-order valence-electron chi connectivity index (χ2n) is 5.42. The van der Waals surface area contributed by atoms with Gasteiger partial charge in [-0.3, -0.25) is 4.79 Å². The Kier molecular flexibility index (Phi) is 4.90. The van der Waals surface area contributed by atoms with Crippen LogP contribution in [0.1, 0.15) is 27.4 Å². The molecule has 0 atom stereocenters. The van der Waals surface area contributed by atoms with Gasteiger partial charge >= 0.3 is 0 Å². The van der Waals surface area contributed by atoms with E-state index in [2.05, 4.69) is 25.6 Å². The Balaban J connectivity index is 1.60. The van der Waals surface area contributed by atoms with E-state index in [1.54, 1.807) is 48.3 Å². The van der Waals surface area contributed by atoms with Gasteiger partial charge in [0.25, 0.3) is 5.91 Å². The van der Waals surface area contributed by atoms with Gasteiger partial charge in [-0.05, 0) is 31.2 Å². The lowest BCUT2D eigenvalue weighted by Crippen LogP contribution is -2.22. The maximum Gasteiger partial charge on any atom is 0.251 e. The minimum atomic E-state index is -0.206. The number of aromatic nitrogens is 5. The van der Waals surface area contributed by atoms with Crippen molar-refractivity contribution in [2.24, 2.45) is 0 Å². The van der Waals surface area contributed by atoms with Crippen molar-refractivity contribution in [2.75, 3.05) is 5.73 Å². The standard InChI is InChI=1S/C16H16ClN7O/c1-10-19-6-12(15(18)21-10)8-24-9-14(22-23-24)7-20-16(25)11-2-4-13(17)5-3-11/h2-6,9H,7-8H2,1H3,(H,20,25)(H2,18,19,21). The summed E-state index contributed by atoms with van der Waals surface area (Å²) >= 11 is 5.81. The molecule has 25 heavy (non-hydrogen) atoms. The number of nitrogens with zero attached hydrogens (tertiary/aromatic N) is 5. The summed E-state index contributed by atoms with van der Waals surface area (Å²) in [6, 6.07) is 6.66. The van der Waals surface area contributed by atoms with Crippen LogP contribution in [0.2, 0.25) is 5.02 Å². The molecule has 8 nitrogen and oxygen atoms in total. The number of carbonyl (C=O) groups is 1. The average molecular weight is 358 g/mol. The van der Waals surface area contributed by atoms with Crippen LogP contribution in [0.4, 0.5) is 5.82 Å². The summed E-state index contributed by atoms with van der Waals surface area (Å²) in [7, 11) is 0. The third kappa shape index (κ3) is 4.30. The molecule has 0 spiro atoms. The molecule has 1 amide bonds. The SMILES string of the molecule is Cc1ncc(Cn2cc(CNC(=O)c3ccc(Cl)cc3)nn2)c(N)n1. The molecule has 0 aliphatic heterocycles. The van der Waals surface area contributed by atoms with Crippen molar-refractivity contribution < 1.29 is 4.79 Å². The van der Waals surface area contributed by atoms with Gasteiger partial charge in [0, 0.05) is 22.3 Å². The number of amides is 1. The summed E-state index contributed by atoms with van der Waals surface area (Å²) in [6.07, 6.45) is 3.41. The summed E-state index contributed by atoms with van der Waals surface area (Å²) in [4.78, 5) is 20.3. The molecule has 2 heterocycles. The molecule has 0 bridgehead atoms. The number of halogens is 1. The normalized spacial score (nSPS) is 10.6. The van der Waals surface area contributed by atoms with Crippen LogP contribution in [-0.4, -0.2) is 30.9 Å². The fourth-order valence-electron chi connectivity index (χ4n) is 2.18. The highest BCUT2D eigenvalue weighted by molar-refractivity contribution is 6.30. The second-order valence-corrected chi connectivity index (χ2v) is 5.86. The second kappa shape index (κ2) is 7.27. The number of aryl methyl sites for hydroxylation is 1. The first-order valence-electron chi connectivity index (χ1n) is 7.52. The number of rotatable bonds is 5. The zero-order chi connectivity index (χ0) is 17.8. The van der Waals surface area contributed by atoms with E-state index in [1.165, 1.54) is 0 Å². The first-order chi connectivity index (χ1) is 12.0. The van der Waals surface area contributed by atoms with E-state index in [-0.39, 0.29) is 12.5 Å². The number of nitrogens with one attached hydrogen (secondary N) is 1. The Bertz CT molecular complexity index is 892. The van der Waals surface area contributed by atoms with Crippen molar-refractivity contribution in [3.05, 3.63) is 64.3 Å². The van der Waals surface area contributed by atoms with E-state index in [0.717, 1.165) is 5.56 Å². The largest absolute Gasteiger partial charge is 0.383 e. The molecule has 0 fully saturated rings. The molecule has 2 aromatic heterocycles. The number of hydrogen-bond donors (Lipinski definition) is 2. The Morgan fingerprint density at radius 3 is 2.80 bits per heavy atom. The van der Waals surface area contributed by atoms with E-state index < -0.39 is 0 Å². The zero-order valence-electron chi connectivity index (χ0n) is 13.5. The van der Waals surface area contributed by atoms with Crippen molar-refractivity contribution in [3.8, 4) is 0 Å². The van der Waals surface area contributed by atoms with Crippen LogP contribution in [0.3, 0.4) is 0 Å². The summed E-state index contributed by atoms with van der Waals surface area (Å²) < 4.78 is 1.62. The van der Waals surface area contributed by atoms with Gasteiger partial charge in [0.2, 0.25) is 0 Å². The van der Waals surface area contributed by atoms with Crippen molar-refractivity contribution in [3.63, 3.8) is 0 Å². The Labute approximate surface area is 149 Å². The molecule has 3 rings (SSSR count). The van der Waals surface area contributed by atoms with Crippen molar-refractivity contribution in [2.45, 2.75) is 20.0 Å². The summed E-state index contributed by atoms with van der Waals surface area (Å²) in [6.45, 7) is 2.45. The lowest BCUT2D eigenvalue weighted by Gasteiger charge is -2.04. The molecule has 0 unspecified atom stereocenters. The highest BCUT2D eigenvalue weighted by atomic mass is 35.5. The maximum atomic E-state index is 12.1. The molecule has 128 valence electrons. The molecular formula is C16H16ClN7O. The van der Waals surface area contributed by atoms with E-state index in [4.69, 9.17) is 17.3 Å². The van der Waals surface area contributed by atoms with E-state index >= 15 is 0 Å². The van der Waals surface area contributed by atoms with Crippen molar-refractivity contribution >= 4 is 23.3 Å². The number of hydrogen-bond acceptors (Lipinski definition) is 6. The molecule has 3 aromatic rings. The predicted octanol–water partition coefficient (Wildman–Crippen LogP) is 1.59. The van der Waals surface area contributed by atoms with E-state index in [1.807, 2.05) is 0 Å². The topological polar surface area (TPSA) is 112 Å². The molecule has 0 aliphatic carbocycles. The van der Waals surface area contributed by atoms with Crippen molar-refractivity contribution in [1.29, 1.82) is 0 Å². The number of carbonyl (C=O) groups excluding carboxylic acids is 1. The van der Waals surface area contributed by atoms with Crippen LogP contribution in [0.15, 0.2) is 36.7 Å². The predicted molar refractivity (Wildman–Crippen MR) is 92.9 cm³/mol. The third-order valence-electron chi connectivity index (χ3n) is 3.47. The third-order valence-corrected chi connectivity index (χ3v) is 3.73. The summed E-state index contributed by atoms with van der Waals surface area (Å²) in [5.74, 6) is 0.827. The Morgan fingerprint density at radius 2 is 2.08 bits per heavy atom. The van der Waals surface area contributed by atoms with Gasteiger partial charge in [0.15, 0.2) is 0 Å². The van der Waals surface area contributed by atoms with E-state index in [0.29, 0.717) is 34.5 Å². The molecular weight excluding hydrogens is 342 g/mol. The van der Waals surface area contributed by atoms with Gasteiger partial charge < -0.3 is 11.1 Å². The lowest BCUT2D eigenvalue weighted by atomic mass is 10.2. The van der Waals surface area contributed by atoms with Crippen molar-refractivity contribution in [1.82, 2.24) is 30.3 Å². The highest BCUT2D eigenvalue weighted by Crippen LogP contribution is 2.10. The minimum absolute atomic E-state index is 0.206. The van der Waals surface area contributed by atoms with Crippen LogP contribution in [0.25, 0.3) is 0 Å². The molecule has 0 radical (unpaired) electrons. The minimum Gasteiger partial charge on any atom is -0.383 e. The highest BCUT2D eigenvalue weighted by Gasteiger charge is 2.09. The number of nitrogen functional groups attached to an aromatic ring is 1. The summed E-state index contributed by atoms with van der Waals surface area (Å²) in [5.41, 5.74) is 7.79. The van der Waals surface area contributed by atoms with Gasteiger partial charge in [0.05, 0.1) is 19.3 Å². The average Bonchev–Trinajstić information content (AvgIpc) is 3.03. The first kappa shape index (κ1) is 16.8. The lowest BCUT2D eigenvalue weighted by molar-refractivity contribution is 0.0950. The molecule has 0 aliphatic rings. The zero-order valence-corrected chi connectivity index (χ0v) is 14.2. The molecule has 3 N–H and O–H groups in total. The van der Waals surface area contributed by atoms with Gasteiger partial charge in [0.1, 0.15) is 17.3 Å². The van der Waals surface area contributed by atoms with E-state index in [9.17, 15) is 4.79 Å². The fourth-order valence-corrected chi connectivity index (χ4v) is 2.31. The molecule has 9 heteroatoms. The smallest absolute Gasteiger partial charge is 0.251 e. The number of benzene rings is 1. The molecule has 1 aromatic carbocycles. The first-order valence-corrected chi connectivity index (χ1v) is 7.90. The summed E-state index contributed by atoms with van der Waals surface area (Å²) in [5, 5.41) is 11.4. The van der Waals surface area contributed by atoms with Crippen LogP contribution in [-0.2, 0) is 13.1 Å². The van der Waals surface area contributed by atoms with Crippen LogP contribution < -0.4 is 11.1 Å². The number of anilines is 1. The van der Waals surface area contributed by atoms with Gasteiger partial charge in [-0.2, -0.15) is 0 Å². The monoisotopic (exact) mass is 357 g/mol. The Hall–Kier alpha value is -3.00. The Morgan fingerprint density at radius 1 is 1.32 bits per heavy atom. The maximum absolute atomic E-state index is 12.1. The molecule has 0 saturated carbocycles. The quantitative estimate of drug-likeness (QED) is 0.717. The number of nitrogens with two attached hydrogens (primary N) is 1. The molecule has 0 saturated heterocycles. The van der Waals surface area contributed by atoms with Gasteiger partial charge in [-0.1, -0.05) is 16.8 Å². The van der Waals surface area contributed by atoms with Crippen LogP contribution in [0, 0.1) is 6.92 Å². The van der Waals surface area contributed by atoms with Gasteiger partial charge in [-0.15, -0.1) is 5.10 Å².